The van der Waals surface area contributed by atoms with Crippen molar-refractivity contribution in [1.82, 2.24) is 0 Å². The van der Waals surface area contributed by atoms with Crippen LogP contribution in [0.15, 0.2) is 33.9 Å². The summed E-state index contributed by atoms with van der Waals surface area (Å²) in [5.41, 5.74) is 2.20. The van der Waals surface area contributed by atoms with Gasteiger partial charge in [0.2, 0.25) is 0 Å². The molecule has 1 heterocycles. The maximum Gasteiger partial charge on any atom is 0.163 e. The Labute approximate surface area is 132 Å². The molecular formula is C16H17BrN2O2. The molecule has 1 unspecified atom stereocenters. The van der Waals surface area contributed by atoms with Crippen LogP contribution < -0.4 is 10.6 Å². The zero-order valence-corrected chi connectivity index (χ0v) is 13.6. The minimum Gasteiger partial charge on any atom is -0.368 e. The second-order valence-corrected chi connectivity index (χ2v) is 6.67. The lowest BCUT2D eigenvalue weighted by Crippen LogP contribution is -2.47. The van der Waals surface area contributed by atoms with Gasteiger partial charge in [0.1, 0.15) is 5.54 Å². The van der Waals surface area contributed by atoms with Crippen LogP contribution >= 0.6 is 15.9 Å². The Kier molecular flexibility index (Phi) is 3.40. The minimum absolute atomic E-state index is 0.0557. The highest BCUT2D eigenvalue weighted by Gasteiger charge is 2.43. The molecule has 0 radical (unpaired) electrons. The zero-order valence-electron chi connectivity index (χ0n) is 12.0. The van der Waals surface area contributed by atoms with E-state index >= 15 is 0 Å². The molecule has 21 heavy (non-hydrogen) atoms. The van der Waals surface area contributed by atoms with Gasteiger partial charge in [0, 0.05) is 22.2 Å². The van der Waals surface area contributed by atoms with Crippen LogP contribution in [-0.2, 0) is 9.59 Å². The summed E-state index contributed by atoms with van der Waals surface area (Å²) >= 11 is 3.45. The number of benzene rings is 1. The van der Waals surface area contributed by atoms with Gasteiger partial charge in [-0.05, 0) is 44.9 Å². The van der Waals surface area contributed by atoms with Crippen molar-refractivity contribution >= 4 is 38.9 Å². The summed E-state index contributed by atoms with van der Waals surface area (Å²) in [6, 6.07) is 5.81. The van der Waals surface area contributed by atoms with Gasteiger partial charge in [-0.15, -0.1) is 0 Å². The van der Waals surface area contributed by atoms with Crippen LogP contribution in [0.3, 0.4) is 0 Å². The molecular weight excluding hydrogens is 332 g/mol. The van der Waals surface area contributed by atoms with Crippen molar-refractivity contribution in [2.45, 2.75) is 38.6 Å². The van der Waals surface area contributed by atoms with E-state index in [1.54, 1.807) is 6.92 Å². The third kappa shape index (κ3) is 2.29. The Bertz CT molecular complexity index is 681. The van der Waals surface area contributed by atoms with Crippen molar-refractivity contribution in [2.24, 2.45) is 0 Å². The van der Waals surface area contributed by atoms with E-state index in [0.29, 0.717) is 12.0 Å². The molecule has 0 saturated heterocycles. The molecule has 2 aliphatic rings. The number of anilines is 2. The molecule has 3 rings (SSSR count). The normalized spacial score (nSPS) is 24.4. The zero-order chi connectivity index (χ0) is 15.2. The van der Waals surface area contributed by atoms with Crippen molar-refractivity contribution in [3.05, 3.63) is 33.9 Å². The Balaban J connectivity index is 2.22. The molecule has 1 aliphatic heterocycles. The van der Waals surface area contributed by atoms with E-state index in [9.17, 15) is 9.59 Å². The third-order valence-corrected chi connectivity index (χ3v) is 4.76. The molecule has 4 nitrogen and oxygen atoms in total. The summed E-state index contributed by atoms with van der Waals surface area (Å²) in [5.74, 6) is 0.000646. The monoisotopic (exact) mass is 348 g/mol. The number of Topliss-reactive ketones (excluding diaryl/α,β-unsaturated/α-hetero) is 2. The highest BCUT2D eigenvalue weighted by molar-refractivity contribution is 9.10. The van der Waals surface area contributed by atoms with E-state index in [1.165, 1.54) is 6.92 Å². The molecule has 0 fully saturated rings. The summed E-state index contributed by atoms with van der Waals surface area (Å²) < 4.78 is 0.924. The van der Waals surface area contributed by atoms with E-state index in [2.05, 4.69) is 26.6 Å². The molecule has 5 heteroatoms. The number of hydrogen-bond donors (Lipinski definition) is 2. The molecule has 0 saturated carbocycles. The number of fused-ring (bicyclic) bond motifs is 1. The standard InChI is InChI=1S/C16H17BrN2O2/c1-9(20)16(2)15-12(4-3-5-14(15)21)18-11-7-6-10(17)8-13(11)19-16/h6-8,18-19H,3-5H2,1-2H3. The van der Waals surface area contributed by atoms with Crippen LogP contribution in [-0.4, -0.2) is 17.1 Å². The van der Waals surface area contributed by atoms with Gasteiger partial charge in [0.05, 0.1) is 11.4 Å². The van der Waals surface area contributed by atoms with E-state index in [-0.39, 0.29) is 11.6 Å². The topological polar surface area (TPSA) is 58.2 Å². The van der Waals surface area contributed by atoms with Gasteiger partial charge in [-0.25, -0.2) is 0 Å². The Morgan fingerprint density at radius 3 is 2.76 bits per heavy atom. The maximum absolute atomic E-state index is 12.4. The molecule has 0 bridgehead atoms. The Morgan fingerprint density at radius 2 is 2.05 bits per heavy atom. The highest BCUT2D eigenvalue weighted by atomic mass is 79.9. The van der Waals surface area contributed by atoms with E-state index in [4.69, 9.17) is 0 Å². The fourth-order valence-electron chi connectivity index (χ4n) is 3.04. The van der Waals surface area contributed by atoms with E-state index < -0.39 is 5.54 Å². The lowest BCUT2D eigenvalue weighted by Gasteiger charge is -2.32. The molecule has 0 amide bonds. The smallest absolute Gasteiger partial charge is 0.163 e. The molecule has 1 aromatic rings. The maximum atomic E-state index is 12.4. The second kappa shape index (κ2) is 4.98. The lowest BCUT2D eigenvalue weighted by molar-refractivity contribution is -0.123. The van der Waals surface area contributed by atoms with Crippen LogP contribution in [0.1, 0.15) is 33.1 Å². The van der Waals surface area contributed by atoms with Gasteiger partial charge in [-0.3, -0.25) is 9.59 Å². The fraction of sp³-hybridized carbons (Fsp3) is 0.375. The molecule has 1 aromatic carbocycles. The summed E-state index contributed by atoms with van der Waals surface area (Å²) in [7, 11) is 0. The molecule has 1 aliphatic carbocycles. The van der Waals surface area contributed by atoms with Gasteiger partial charge in [0.25, 0.3) is 0 Å². The minimum atomic E-state index is -0.980. The predicted octanol–water partition coefficient (Wildman–Crippen LogP) is 3.64. The number of ketones is 2. The van der Waals surface area contributed by atoms with Gasteiger partial charge in [0.15, 0.2) is 11.6 Å². The average Bonchev–Trinajstić information content (AvgIpc) is 2.54. The van der Waals surface area contributed by atoms with Crippen LogP contribution in [0, 0.1) is 0 Å². The molecule has 2 N–H and O–H groups in total. The first-order chi connectivity index (χ1) is 9.91. The first kappa shape index (κ1) is 14.3. The highest BCUT2D eigenvalue weighted by Crippen LogP contribution is 2.40. The van der Waals surface area contributed by atoms with Gasteiger partial charge >= 0.3 is 0 Å². The number of carbonyl (C=O) groups is 2. The summed E-state index contributed by atoms with van der Waals surface area (Å²) in [5, 5.41) is 6.64. The quantitative estimate of drug-likeness (QED) is 0.813. The van der Waals surface area contributed by atoms with Gasteiger partial charge < -0.3 is 10.6 Å². The van der Waals surface area contributed by atoms with Crippen molar-refractivity contribution in [3.63, 3.8) is 0 Å². The molecule has 1 atom stereocenters. The number of carbonyl (C=O) groups excluding carboxylic acids is 2. The van der Waals surface area contributed by atoms with Crippen molar-refractivity contribution in [2.75, 3.05) is 10.6 Å². The number of halogens is 1. The van der Waals surface area contributed by atoms with Crippen LogP contribution in [0.4, 0.5) is 11.4 Å². The summed E-state index contributed by atoms with van der Waals surface area (Å²) in [6.07, 6.45) is 2.12. The Hall–Kier alpha value is -1.62. The second-order valence-electron chi connectivity index (χ2n) is 5.75. The van der Waals surface area contributed by atoms with Gasteiger partial charge in [-0.2, -0.15) is 0 Å². The van der Waals surface area contributed by atoms with Crippen molar-refractivity contribution in [3.8, 4) is 0 Å². The molecule has 110 valence electrons. The SMILES string of the molecule is CC(=O)C1(C)Nc2cc(Br)ccc2NC2=C1C(=O)CCC2. The fourth-order valence-corrected chi connectivity index (χ4v) is 3.40. The number of hydrogen-bond acceptors (Lipinski definition) is 4. The number of nitrogens with one attached hydrogen (secondary N) is 2. The lowest BCUT2D eigenvalue weighted by atomic mass is 9.79. The molecule has 0 spiro atoms. The molecule has 0 aromatic heterocycles. The van der Waals surface area contributed by atoms with Crippen molar-refractivity contribution in [1.29, 1.82) is 0 Å². The average molecular weight is 349 g/mol. The number of rotatable bonds is 1. The third-order valence-electron chi connectivity index (χ3n) is 4.27. The summed E-state index contributed by atoms with van der Waals surface area (Å²) in [6.45, 7) is 3.33. The first-order valence-electron chi connectivity index (χ1n) is 7.04. The number of allylic oxidation sites excluding steroid dienone is 1. The van der Waals surface area contributed by atoms with Crippen LogP contribution in [0.25, 0.3) is 0 Å². The summed E-state index contributed by atoms with van der Waals surface area (Å²) in [4.78, 5) is 24.7. The van der Waals surface area contributed by atoms with Crippen LogP contribution in [0.2, 0.25) is 0 Å². The largest absolute Gasteiger partial charge is 0.368 e. The Morgan fingerprint density at radius 1 is 1.29 bits per heavy atom. The van der Waals surface area contributed by atoms with Crippen molar-refractivity contribution < 1.29 is 9.59 Å². The van der Waals surface area contributed by atoms with E-state index in [1.807, 2.05) is 18.2 Å². The first-order valence-corrected chi connectivity index (χ1v) is 7.84. The van der Waals surface area contributed by atoms with Gasteiger partial charge in [-0.1, -0.05) is 15.9 Å². The van der Waals surface area contributed by atoms with E-state index in [0.717, 1.165) is 34.4 Å². The predicted molar refractivity (Wildman–Crippen MR) is 86.4 cm³/mol. The van der Waals surface area contributed by atoms with Crippen LogP contribution in [0.5, 0.6) is 0 Å².